The van der Waals surface area contributed by atoms with E-state index in [2.05, 4.69) is 12.6 Å². The van der Waals surface area contributed by atoms with Crippen LogP contribution in [0.5, 0.6) is 5.75 Å². The molecule has 64 valence electrons. The molecule has 0 saturated heterocycles. The average Bonchev–Trinajstić information content (AvgIpc) is 2.03. The third-order valence-electron chi connectivity index (χ3n) is 1.41. The second-order valence-electron chi connectivity index (χ2n) is 2.15. The zero-order valence-electron chi connectivity index (χ0n) is 6.37. The molecule has 0 N–H and O–H groups in total. The van der Waals surface area contributed by atoms with E-state index in [0.717, 1.165) is 0 Å². The van der Waals surface area contributed by atoms with Gasteiger partial charge in [-0.3, -0.25) is 4.79 Å². The van der Waals surface area contributed by atoms with Crippen molar-refractivity contribution >= 4 is 29.3 Å². The van der Waals surface area contributed by atoms with Gasteiger partial charge in [0, 0.05) is 5.56 Å². The second kappa shape index (κ2) is 3.83. The average molecular weight is 203 g/mol. The van der Waals surface area contributed by atoms with Crippen molar-refractivity contribution in [1.29, 1.82) is 0 Å². The molecule has 0 heterocycles. The minimum absolute atomic E-state index is 0.345. The Labute approximate surface area is 80.9 Å². The highest BCUT2D eigenvalue weighted by atomic mass is 35.5. The van der Waals surface area contributed by atoms with Gasteiger partial charge in [-0.15, -0.1) is 12.6 Å². The van der Waals surface area contributed by atoms with E-state index in [1.165, 1.54) is 7.11 Å². The zero-order valence-corrected chi connectivity index (χ0v) is 8.02. The van der Waals surface area contributed by atoms with Crippen LogP contribution in [0.2, 0.25) is 5.02 Å². The molecular formula is C8H7ClO2S. The van der Waals surface area contributed by atoms with E-state index in [0.29, 0.717) is 16.3 Å². The zero-order chi connectivity index (χ0) is 9.14. The Hall–Kier alpha value is -0.670. The van der Waals surface area contributed by atoms with Gasteiger partial charge < -0.3 is 4.74 Å². The van der Waals surface area contributed by atoms with Crippen molar-refractivity contribution in [2.24, 2.45) is 0 Å². The molecule has 0 unspecified atom stereocenters. The maximum atomic E-state index is 10.8. The Morgan fingerprint density at radius 1 is 1.58 bits per heavy atom. The molecule has 1 aromatic rings. The number of carbonyl (C=O) groups excluding carboxylic acids is 1. The third-order valence-corrected chi connectivity index (χ3v) is 1.96. The lowest BCUT2D eigenvalue weighted by Gasteiger charge is -2.02. The smallest absolute Gasteiger partial charge is 0.217 e. The summed E-state index contributed by atoms with van der Waals surface area (Å²) in [5.74, 6) is 0.623. The van der Waals surface area contributed by atoms with Crippen molar-refractivity contribution in [3.05, 3.63) is 28.8 Å². The highest BCUT2D eigenvalue weighted by Crippen LogP contribution is 2.23. The number of halogens is 1. The number of hydrogen-bond donors (Lipinski definition) is 1. The molecule has 0 aromatic heterocycles. The molecule has 0 aliphatic heterocycles. The Morgan fingerprint density at radius 3 is 2.67 bits per heavy atom. The van der Waals surface area contributed by atoms with Gasteiger partial charge in [-0.25, -0.2) is 0 Å². The fourth-order valence-corrected chi connectivity index (χ4v) is 1.31. The lowest BCUT2D eigenvalue weighted by atomic mass is 10.2. The van der Waals surface area contributed by atoms with Gasteiger partial charge in [0.15, 0.2) is 0 Å². The second-order valence-corrected chi connectivity index (χ2v) is 2.96. The highest BCUT2D eigenvalue weighted by Gasteiger charge is 2.06. The quantitative estimate of drug-likeness (QED) is 0.746. The van der Waals surface area contributed by atoms with Gasteiger partial charge in [0.1, 0.15) is 5.75 Å². The Balaban J connectivity index is 3.12. The minimum Gasteiger partial charge on any atom is -0.497 e. The molecule has 0 saturated carbocycles. The molecule has 0 bridgehead atoms. The molecule has 12 heavy (non-hydrogen) atoms. The molecule has 0 spiro atoms. The number of hydrogen-bond acceptors (Lipinski definition) is 2. The highest BCUT2D eigenvalue weighted by molar-refractivity contribution is 7.97. The van der Waals surface area contributed by atoms with Crippen molar-refractivity contribution in [3.8, 4) is 5.75 Å². The number of benzene rings is 1. The standard InChI is InChI=1S/C8H7ClO2S/c1-11-5-2-3-6(8(10)12)7(9)4-5/h2-4H,1H3,(H,10,12). The minimum atomic E-state index is -0.345. The van der Waals surface area contributed by atoms with Crippen LogP contribution in [0, 0.1) is 0 Å². The maximum Gasteiger partial charge on any atom is 0.217 e. The summed E-state index contributed by atoms with van der Waals surface area (Å²) in [6.07, 6.45) is 0. The van der Waals surface area contributed by atoms with Crippen LogP contribution in [0.4, 0.5) is 0 Å². The van der Waals surface area contributed by atoms with Gasteiger partial charge in [-0.05, 0) is 18.2 Å². The van der Waals surface area contributed by atoms with Gasteiger partial charge >= 0.3 is 0 Å². The Kier molecular flexibility index (Phi) is 3.00. The van der Waals surface area contributed by atoms with Crippen LogP contribution in [0.3, 0.4) is 0 Å². The van der Waals surface area contributed by atoms with E-state index >= 15 is 0 Å². The van der Waals surface area contributed by atoms with E-state index in [4.69, 9.17) is 16.3 Å². The number of carbonyl (C=O) groups is 1. The van der Waals surface area contributed by atoms with Crippen LogP contribution in [-0.2, 0) is 0 Å². The Bertz CT molecular complexity index is 312. The van der Waals surface area contributed by atoms with Gasteiger partial charge in [-0.2, -0.15) is 0 Å². The first-order valence-corrected chi connectivity index (χ1v) is 4.04. The van der Waals surface area contributed by atoms with Crippen LogP contribution in [0.1, 0.15) is 10.4 Å². The molecule has 0 fully saturated rings. The first kappa shape index (κ1) is 9.42. The first-order chi connectivity index (χ1) is 5.65. The molecule has 0 aliphatic carbocycles. The van der Waals surface area contributed by atoms with Gasteiger partial charge in [0.2, 0.25) is 5.12 Å². The molecule has 1 aromatic carbocycles. The fourth-order valence-electron chi connectivity index (χ4n) is 0.796. The van der Waals surface area contributed by atoms with Crippen molar-refractivity contribution in [2.45, 2.75) is 0 Å². The van der Waals surface area contributed by atoms with Crippen molar-refractivity contribution in [2.75, 3.05) is 7.11 Å². The fraction of sp³-hybridized carbons (Fsp3) is 0.125. The summed E-state index contributed by atoms with van der Waals surface area (Å²) in [7, 11) is 1.54. The number of rotatable bonds is 2. The summed E-state index contributed by atoms with van der Waals surface area (Å²) < 4.78 is 4.91. The van der Waals surface area contributed by atoms with Crippen LogP contribution in [0.25, 0.3) is 0 Å². The predicted molar refractivity (Wildman–Crippen MR) is 51.3 cm³/mol. The van der Waals surface area contributed by atoms with Crippen molar-refractivity contribution in [1.82, 2.24) is 0 Å². The Morgan fingerprint density at radius 2 is 2.25 bits per heavy atom. The summed E-state index contributed by atoms with van der Waals surface area (Å²) in [6.45, 7) is 0. The van der Waals surface area contributed by atoms with Crippen molar-refractivity contribution < 1.29 is 9.53 Å². The van der Waals surface area contributed by atoms with E-state index in [1.54, 1.807) is 18.2 Å². The summed E-state index contributed by atoms with van der Waals surface area (Å²) >= 11 is 9.41. The van der Waals surface area contributed by atoms with E-state index < -0.39 is 0 Å². The molecule has 0 amide bonds. The van der Waals surface area contributed by atoms with Crippen LogP contribution < -0.4 is 4.74 Å². The lowest BCUT2D eigenvalue weighted by molar-refractivity contribution is 0.109. The van der Waals surface area contributed by atoms with Crippen LogP contribution in [-0.4, -0.2) is 12.2 Å². The summed E-state index contributed by atoms with van der Waals surface area (Å²) in [6, 6.07) is 4.82. The van der Waals surface area contributed by atoms with E-state index in [9.17, 15) is 4.79 Å². The SMILES string of the molecule is COc1ccc(C(=O)S)c(Cl)c1. The largest absolute Gasteiger partial charge is 0.497 e. The predicted octanol–water partition coefficient (Wildman–Crippen LogP) is 2.42. The van der Waals surface area contributed by atoms with Crippen LogP contribution in [0.15, 0.2) is 18.2 Å². The van der Waals surface area contributed by atoms with Crippen molar-refractivity contribution in [3.63, 3.8) is 0 Å². The first-order valence-electron chi connectivity index (χ1n) is 3.22. The van der Waals surface area contributed by atoms with Crippen LogP contribution >= 0.6 is 24.2 Å². The molecule has 2 nitrogen and oxygen atoms in total. The topological polar surface area (TPSA) is 26.3 Å². The number of methoxy groups -OCH3 is 1. The molecular weight excluding hydrogens is 196 g/mol. The molecule has 0 atom stereocenters. The molecule has 0 radical (unpaired) electrons. The van der Waals surface area contributed by atoms with E-state index in [-0.39, 0.29) is 5.12 Å². The van der Waals surface area contributed by atoms with E-state index in [1.807, 2.05) is 0 Å². The summed E-state index contributed by atoms with van der Waals surface area (Å²) in [5.41, 5.74) is 0.390. The van der Waals surface area contributed by atoms with Gasteiger partial charge in [-0.1, -0.05) is 11.6 Å². The lowest BCUT2D eigenvalue weighted by Crippen LogP contribution is -1.91. The van der Waals surface area contributed by atoms with Gasteiger partial charge in [0.25, 0.3) is 0 Å². The van der Waals surface area contributed by atoms with Gasteiger partial charge in [0.05, 0.1) is 12.1 Å². The summed E-state index contributed by atoms with van der Waals surface area (Å²) in [5, 5.41) is 0.0111. The molecule has 4 heteroatoms. The molecule has 1 rings (SSSR count). The number of ether oxygens (including phenoxy) is 1. The monoisotopic (exact) mass is 202 g/mol. The summed E-state index contributed by atoms with van der Waals surface area (Å²) in [4.78, 5) is 10.8. The number of thiol groups is 1. The molecule has 0 aliphatic rings. The third kappa shape index (κ3) is 1.93. The maximum absolute atomic E-state index is 10.8. The normalized spacial score (nSPS) is 9.58.